The molecule has 3 rings (SSSR count). The van der Waals surface area contributed by atoms with Crippen LogP contribution >= 0.6 is 36.6 Å². The van der Waals surface area contributed by atoms with Crippen LogP contribution in [-0.4, -0.2) is 31.5 Å². The minimum atomic E-state index is -1.09. The minimum absolute atomic E-state index is 0.0643. The maximum atomic E-state index is 11.3. The number of thiocarbonyl (C=S) groups is 1. The van der Waals surface area contributed by atoms with Crippen LogP contribution in [0.2, 0.25) is 0 Å². The predicted octanol–water partition coefficient (Wildman–Crippen LogP) is 3.63. The summed E-state index contributed by atoms with van der Waals surface area (Å²) in [5, 5.41) is 29.3. The number of thioether (sulfide) groups is 1. The summed E-state index contributed by atoms with van der Waals surface area (Å²) in [6.07, 6.45) is 3.06. The number of hydrogen-bond acceptors (Lipinski definition) is 7. The van der Waals surface area contributed by atoms with Crippen molar-refractivity contribution < 1.29 is 24.9 Å². The molecule has 2 aromatic rings. The third kappa shape index (κ3) is 6.76. The van der Waals surface area contributed by atoms with Gasteiger partial charge in [0.25, 0.3) is 5.91 Å². The summed E-state index contributed by atoms with van der Waals surface area (Å²) >= 11 is 9.83. The number of carbonyl (C=O) groups excluding carboxylic acids is 1. The van der Waals surface area contributed by atoms with Crippen molar-refractivity contribution in [3.8, 4) is 11.5 Å². The molecule has 1 fully saturated rings. The van der Waals surface area contributed by atoms with Crippen molar-refractivity contribution in [3.05, 3.63) is 69.5 Å². The van der Waals surface area contributed by atoms with Crippen molar-refractivity contribution in [1.82, 2.24) is 5.32 Å². The summed E-state index contributed by atoms with van der Waals surface area (Å²) in [5.74, 6) is -1.00. The van der Waals surface area contributed by atoms with E-state index in [1.807, 2.05) is 6.07 Å². The third-order valence-electron chi connectivity index (χ3n) is 3.20. The number of amides is 1. The van der Waals surface area contributed by atoms with Crippen LogP contribution in [0.5, 0.6) is 11.5 Å². The number of carboxylic acid groups (broad SMARTS) is 1. The zero-order chi connectivity index (χ0) is 20.7. The lowest BCUT2D eigenvalue weighted by atomic mass is 10.2. The molecule has 6 nitrogen and oxygen atoms in total. The van der Waals surface area contributed by atoms with E-state index in [9.17, 15) is 14.7 Å². The Bertz CT molecular complexity index is 985. The van der Waals surface area contributed by atoms with Gasteiger partial charge in [0.1, 0.15) is 15.8 Å². The average molecular weight is 434 g/mol. The van der Waals surface area contributed by atoms with Gasteiger partial charge >= 0.3 is 5.97 Å². The average Bonchev–Trinajstić information content (AvgIpc) is 2.92. The fraction of sp³-hybridized carbons (Fsp3) is 0. The number of nitrogens with one attached hydrogen (secondary N) is 1. The van der Waals surface area contributed by atoms with E-state index in [0.717, 1.165) is 5.56 Å². The molecular formula is C19H15NO5S3. The van der Waals surface area contributed by atoms with Gasteiger partial charge in [-0.05, 0) is 47.5 Å². The van der Waals surface area contributed by atoms with Crippen LogP contribution in [0, 0.1) is 0 Å². The number of carboxylic acids is 1. The molecule has 1 amide bonds. The smallest absolute Gasteiger partial charge is 0.341 e. The molecule has 0 aromatic heterocycles. The summed E-state index contributed by atoms with van der Waals surface area (Å²) < 4.78 is 0.464. The number of thiol groups is 1. The molecule has 0 unspecified atom stereocenters. The van der Waals surface area contributed by atoms with Crippen molar-refractivity contribution in [2.24, 2.45) is 0 Å². The number of carbonyl (C=O) groups is 2. The molecule has 0 saturated carbocycles. The lowest BCUT2D eigenvalue weighted by Gasteiger charge is -1.95. The molecule has 4 N–H and O–H groups in total. The van der Waals surface area contributed by atoms with Crippen molar-refractivity contribution in [2.45, 2.75) is 0 Å². The highest BCUT2D eigenvalue weighted by Crippen LogP contribution is 2.26. The van der Waals surface area contributed by atoms with E-state index < -0.39 is 5.97 Å². The fourth-order valence-corrected chi connectivity index (χ4v) is 3.21. The molecule has 1 aliphatic rings. The van der Waals surface area contributed by atoms with Crippen LogP contribution in [0.15, 0.2) is 58.3 Å². The highest BCUT2D eigenvalue weighted by atomic mass is 32.2. The first kappa shape index (κ1) is 21.5. The van der Waals surface area contributed by atoms with Gasteiger partial charge in [0.15, 0.2) is 0 Å². The Balaban J connectivity index is 0.000000203. The topological polar surface area (TPSA) is 107 Å². The van der Waals surface area contributed by atoms with Gasteiger partial charge in [0, 0.05) is 0 Å². The first-order valence-electron chi connectivity index (χ1n) is 7.71. The largest absolute Gasteiger partial charge is 0.508 e. The highest BCUT2D eigenvalue weighted by Gasteiger charge is 2.21. The first-order valence-corrected chi connectivity index (χ1v) is 9.38. The summed E-state index contributed by atoms with van der Waals surface area (Å²) in [5.41, 5.74) is 1.38. The number of hydrogen-bond donors (Lipinski definition) is 5. The number of aromatic hydroxyl groups is 2. The molecule has 0 bridgehead atoms. The zero-order valence-electron chi connectivity index (χ0n) is 14.2. The molecule has 1 heterocycles. The molecule has 1 aliphatic heterocycles. The van der Waals surface area contributed by atoms with Crippen molar-refractivity contribution in [3.63, 3.8) is 0 Å². The van der Waals surface area contributed by atoms with E-state index in [2.05, 4.69) is 17.9 Å². The van der Waals surface area contributed by atoms with E-state index in [4.69, 9.17) is 22.4 Å². The van der Waals surface area contributed by atoms with Gasteiger partial charge in [-0.1, -0.05) is 48.2 Å². The lowest BCUT2D eigenvalue weighted by molar-refractivity contribution is -0.131. The number of phenolic OH excluding ortho intramolecular Hbond substituents is 2. The van der Waals surface area contributed by atoms with Crippen LogP contribution in [0.1, 0.15) is 11.1 Å². The molecule has 1 saturated heterocycles. The number of benzene rings is 2. The number of rotatable bonds is 3. The number of phenols is 2. The van der Waals surface area contributed by atoms with Gasteiger partial charge in [-0.15, -0.1) is 12.6 Å². The van der Waals surface area contributed by atoms with Gasteiger partial charge in [-0.25, -0.2) is 4.79 Å². The summed E-state index contributed by atoms with van der Waals surface area (Å²) in [6, 6.07) is 13.0. The molecule has 0 radical (unpaired) electrons. The van der Waals surface area contributed by atoms with Crippen LogP contribution in [-0.2, 0) is 9.59 Å². The normalized spacial score (nSPS) is 15.0. The van der Waals surface area contributed by atoms with Crippen molar-refractivity contribution >= 4 is 65.0 Å². The highest BCUT2D eigenvalue weighted by molar-refractivity contribution is 8.26. The quantitative estimate of drug-likeness (QED) is 0.286. The van der Waals surface area contributed by atoms with Gasteiger partial charge in [0.2, 0.25) is 0 Å². The molecule has 2 aromatic carbocycles. The van der Waals surface area contributed by atoms with E-state index in [-0.39, 0.29) is 22.3 Å². The molecule has 0 atom stereocenters. The molecule has 9 heteroatoms. The second kappa shape index (κ2) is 9.98. The Morgan fingerprint density at radius 2 is 1.64 bits per heavy atom. The Kier molecular flexibility index (Phi) is 7.68. The van der Waals surface area contributed by atoms with Gasteiger partial charge in [0.05, 0.1) is 9.81 Å². The monoisotopic (exact) mass is 433 g/mol. The van der Waals surface area contributed by atoms with Crippen LogP contribution < -0.4 is 5.32 Å². The first-order chi connectivity index (χ1) is 13.2. The standard InChI is InChI=1S/C10H7NO2S2.C9H8O3S/c12-7-3-1-2-6(4-7)5-8-9(13)11-10(14)15-8;10-7-3-1-2-6(4-7)5-8(13)9(11)12/h1-5,12H,(H,11,13,14);1-5,10,13H,(H,11,12)/b2*8-5-. The van der Waals surface area contributed by atoms with Crippen LogP contribution in [0.3, 0.4) is 0 Å². The minimum Gasteiger partial charge on any atom is -0.508 e. The van der Waals surface area contributed by atoms with E-state index in [1.165, 1.54) is 30.0 Å². The molecular weight excluding hydrogens is 418 g/mol. The maximum absolute atomic E-state index is 11.3. The van der Waals surface area contributed by atoms with E-state index in [0.29, 0.717) is 14.8 Å². The van der Waals surface area contributed by atoms with Gasteiger partial charge in [-0.2, -0.15) is 0 Å². The van der Waals surface area contributed by atoms with Crippen molar-refractivity contribution in [2.75, 3.05) is 0 Å². The molecule has 0 aliphatic carbocycles. The predicted molar refractivity (Wildman–Crippen MR) is 117 cm³/mol. The Labute approximate surface area is 176 Å². The van der Waals surface area contributed by atoms with Crippen molar-refractivity contribution in [1.29, 1.82) is 0 Å². The SMILES string of the molecule is O=C(O)/C(S)=C/c1cccc(O)c1.O=C1NC(=S)S/C1=C\c1cccc(O)c1. The maximum Gasteiger partial charge on any atom is 0.341 e. The molecule has 28 heavy (non-hydrogen) atoms. The molecule has 0 spiro atoms. The number of aliphatic carboxylic acids is 1. The lowest BCUT2D eigenvalue weighted by Crippen LogP contribution is -2.17. The van der Waals surface area contributed by atoms with E-state index >= 15 is 0 Å². The van der Waals surface area contributed by atoms with Crippen LogP contribution in [0.4, 0.5) is 0 Å². The Morgan fingerprint density at radius 3 is 2.14 bits per heavy atom. The summed E-state index contributed by atoms with van der Waals surface area (Å²) in [6.45, 7) is 0. The van der Waals surface area contributed by atoms with Crippen LogP contribution in [0.25, 0.3) is 12.2 Å². The third-order valence-corrected chi connectivity index (χ3v) is 4.69. The van der Waals surface area contributed by atoms with E-state index in [1.54, 1.807) is 36.4 Å². The second-order valence-corrected chi connectivity index (χ2v) is 7.58. The Hall–Kier alpha value is -2.75. The van der Waals surface area contributed by atoms with Gasteiger partial charge < -0.3 is 20.6 Å². The fourth-order valence-electron chi connectivity index (χ4n) is 2.02. The molecule has 144 valence electrons. The second-order valence-electron chi connectivity index (χ2n) is 5.38. The van der Waals surface area contributed by atoms with Gasteiger partial charge in [-0.3, -0.25) is 4.79 Å². The summed E-state index contributed by atoms with van der Waals surface area (Å²) in [7, 11) is 0. The summed E-state index contributed by atoms with van der Waals surface area (Å²) in [4.78, 5) is 22.2. The Morgan fingerprint density at radius 1 is 1.07 bits per heavy atom. The zero-order valence-corrected chi connectivity index (χ0v) is 16.7.